The summed E-state index contributed by atoms with van der Waals surface area (Å²) in [5, 5.41) is 134. The average molecular weight is 919 g/mol. The molecule has 3 saturated heterocycles. The molecule has 0 saturated carbocycles. The Morgan fingerprint density at radius 1 is 0.677 bits per heavy atom. The third kappa shape index (κ3) is 9.83. The lowest BCUT2D eigenvalue weighted by Crippen LogP contribution is -2.64. The van der Waals surface area contributed by atoms with E-state index >= 15 is 0 Å². The van der Waals surface area contributed by atoms with Crippen LogP contribution in [-0.2, 0) is 28.5 Å². The number of carbonyl (C=O) groups excluding carboxylic acids is 1. The Labute approximate surface area is 365 Å². The second-order valence-electron chi connectivity index (χ2n) is 15.4. The summed E-state index contributed by atoms with van der Waals surface area (Å²) in [4.78, 5) is 26.7. The molecule has 0 radical (unpaired) electrons. The van der Waals surface area contributed by atoms with Crippen molar-refractivity contribution in [1.82, 2.24) is 0 Å². The van der Waals surface area contributed by atoms with Gasteiger partial charge in [0, 0.05) is 23.8 Å². The first-order valence-electron chi connectivity index (χ1n) is 19.9. The van der Waals surface area contributed by atoms with E-state index in [0.717, 1.165) is 30.3 Å². The van der Waals surface area contributed by atoms with E-state index in [9.17, 15) is 76.0 Å². The van der Waals surface area contributed by atoms with Crippen molar-refractivity contribution in [2.24, 2.45) is 0 Å². The van der Waals surface area contributed by atoms with Crippen molar-refractivity contribution in [3.63, 3.8) is 0 Å². The lowest BCUT2D eigenvalue weighted by atomic mass is 9.97. The van der Waals surface area contributed by atoms with Crippen molar-refractivity contribution >= 4 is 23.0 Å². The molecule has 4 heterocycles. The van der Waals surface area contributed by atoms with E-state index in [1.165, 1.54) is 43.3 Å². The third-order valence-electron chi connectivity index (χ3n) is 10.9. The first-order chi connectivity index (χ1) is 30.9. The van der Waals surface area contributed by atoms with E-state index in [4.69, 9.17) is 37.6 Å². The zero-order valence-electron chi connectivity index (χ0n) is 33.8. The first kappa shape index (κ1) is 47.3. The number of phenols is 4. The molecular weight excluding hydrogens is 872 g/mol. The Bertz CT molecular complexity index is 2400. The average Bonchev–Trinajstić information content (AvgIpc) is 3.27. The normalized spacial score (nSPS) is 32.9. The zero-order valence-corrected chi connectivity index (χ0v) is 33.8. The maximum absolute atomic E-state index is 14.0. The monoisotopic (exact) mass is 918 g/mol. The number of esters is 1. The van der Waals surface area contributed by atoms with Gasteiger partial charge < -0.3 is 104 Å². The Kier molecular flexibility index (Phi) is 14.2. The summed E-state index contributed by atoms with van der Waals surface area (Å²) in [5.41, 5.74) is -1.04. The van der Waals surface area contributed by atoms with Gasteiger partial charge in [0.1, 0.15) is 95.9 Å². The van der Waals surface area contributed by atoms with Crippen molar-refractivity contribution in [2.75, 3.05) is 13.2 Å². The van der Waals surface area contributed by atoms with Crippen LogP contribution in [0.4, 0.5) is 0 Å². The van der Waals surface area contributed by atoms with Crippen LogP contribution in [0.5, 0.6) is 34.5 Å². The lowest BCUT2D eigenvalue weighted by molar-refractivity contribution is -0.355. The molecule has 3 aliphatic heterocycles. The van der Waals surface area contributed by atoms with Gasteiger partial charge in [-0.2, -0.15) is 0 Å². The smallest absolute Gasteiger partial charge is 0.330 e. The van der Waals surface area contributed by atoms with Crippen LogP contribution < -0.4 is 14.9 Å². The second-order valence-corrected chi connectivity index (χ2v) is 15.4. The van der Waals surface area contributed by atoms with Crippen molar-refractivity contribution in [2.45, 2.75) is 99.0 Å². The molecule has 13 N–H and O–H groups in total. The Hall–Kier alpha value is -5.64. The highest BCUT2D eigenvalue weighted by atomic mass is 16.8. The van der Waals surface area contributed by atoms with Gasteiger partial charge in [0.2, 0.25) is 23.8 Å². The number of hydrogen-bond acceptors (Lipinski definition) is 23. The summed E-state index contributed by atoms with van der Waals surface area (Å²) in [7, 11) is 0. The third-order valence-corrected chi connectivity index (χ3v) is 10.9. The highest BCUT2D eigenvalue weighted by molar-refractivity contribution is 5.88. The summed E-state index contributed by atoms with van der Waals surface area (Å²) < 4.78 is 45.2. The molecule has 1 aromatic heterocycles. The number of ether oxygens (including phenoxy) is 7. The molecule has 4 aromatic rings. The van der Waals surface area contributed by atoms with Gasteiger partial charge in [-0.15, -0.1) is 0 Å². The number of benzene rings is 3. The largest absolute Gasteiger partial charge is 0.508 e. The molecule has 0 unspecified atom stereocenters. The molecule has 7 rings (SSSR count). The fraction of sp³-hybridized carbons (Fsp3) is 0.429. The fourth-order valence-corrected chi connectivity index (χ4v) is 7.24. The molecule has 0 amide bonds. The van der Waals surface area contributed by atoms with Gasteiger partial charge in [-0.25, -0.2) is 4.79 Å². The minimum absolute atomic E-state index is 0.0768. The Morgan fingerprint density at radius 2 is 1.34 bits per heavy atom. The van der Waals surface area contributed by atoms with Crippen LogP contribution in [0.1, 0.15) is 12.5 Å². The predicted molar refractivity (Wildman–Crippen MR) is 214 cm³/mol. The van der Waals surface area contributed by atoms with Gasteiger partial charge >= 0.3 is 5.97 Å². The van der Waals surface area contributed by atoms with E-state index < -0.39 is 157 Å². The molecule has 65 heavy (non-hydrogen) atoms. The van der Waals surface area contributed by atoms with Crippen molar-refractivity contribution < 1.29 is 109 Å². The number of carbonyl (C=O) groups is 1. The fourth-order valence-electron chi connectivity index (χ4n) is 7.24. The van der Waals surface area contributed by atoms with Crippen LogP contribution >= 0.6 is 0 Å². The number of aliphatic hydroxyl groups excluding tert-OH is 9. The van der Waals surface area contributed by atoms with Gasteiger partial charge in [-0.3, -0.25) is 4.79 Å². The lowest BCUT2D eigenvalue weighted by Gasteiger charge is -2.45. The number of phenolic OH excluding ortho intramolecular Hbond substituents is 4. The van der Waals surface area contributed by atoms with Crippen molar-refractivity contribution in [1.29, 1.82) is 0 Å². The summed E-state index contributed by atoms with van der Waals surface area (Å²) in [6, 6.07) is 11.0. The van der Waals surface area contributed by atoms with Crippen LogP contribution in [0.3, 0.4) is 0 Å². The molecule has 352 valence electrons. The predicted octanol–water partition coefficient (Wildman–Crippen LogP) is -2.24. The summed E-state index contributed by atoms with van der Waals surface area (Å²) in [6.45, 7) is -0.0479. The van der Waals surface area contributed by atoms with Gasteiger partial charge in [-0.05, 0) is 48.9 Å². The molecule has 3 aromatic carbocycles. The van der Waals surface area contributed by atoms with Crippen LogP contribution in [0.25, 0.3) is 28.4 Å². The summed E-state index contributed by atoms with van der Waals surface area (Å²) in [5.74, 6) is -4.38. The van der Waals surface area contributed by atoms with Crippen LogP contribution in [-0.4, -0.2) is 178 Å². The summed E-state index contributed by atoms with van der Waals surface area (Å²) in [6.07, 6.45) is -23.3. The van der Waals surface area contributed by atoms with E-state index in [-0.39, 0.29) is 16.9 Å². The van der Waals surface area contributed by atoms with Crippen LogP contribution in [0, 0.1) is 0 Å². The number of aliphatic hydroxyl groups is 9. The molecule has 3 aliphatic rings. The highest BCUT2D eigenvalue weighted by Gasteiger charge is 2.51. The Morgan fingerprint density at radius 3 is 2.02 bits per heavy atom. The van der Waals surface area contributed by atoms with Gasteiger partial charge in [0.25, 0.3) is 0 Å². The van der Waals surface area contributed by atoms with E-state index in [1.54, 1.807) is 0 Å². The number of rotatable bonds is 12. The molecule has 15 atom stereocenters. The standard InChI is InChI=1S/C42H46O23/c1-15-28(49)34(55)39(42(59-15)64-38-31(52)27-22(47)11-18(44)12-23(27)61-37(38)17-5-8-20(45)21(46)10-17)65-41-36(57)33(54)30(51)25(63-41)14-58-26(48)9-4-16-2-6-19(7-3-16)60-40-35(56)32(53)29(50)24(13-43)62-40/h2-12,15,24-25,28-30,32-36,39-47,49-51,53-57H,13-14H2,1H3/b9-4+/t15-,24+,25+,28-,29+,30+,32-,33-,34+,35+,36+,39+,40+,41-,42-/m0/s1. The molecule has 0 bridgehead atoms. The van der Waals surface area contributed by atoms with Gasteiger partial charge in [-0.1, -0.05) is 12.1 Å². The molecule has 0 spiro atoms. The molecule has 0 aliphatic carbocycles. The molecule has 3 fully saturated rings. The zero-order chi connectivity index (χ0) is 47.0. The highest BCUT2D eigenvalue weighted by Crippen LogP contribution is 2.40. The van der Waals surface area contributed by atoms with E-state index in [1.807, 2.05) is 0 Å². The maximum Gasteiger partial charge on any atom is 0.330 e. The van der Waals surface area contributed by atoms with Gasteiger partial charge in [0.05, 0.1) is 12.7 Å². The SMILES string of the molecule is C[C@@H]1O[C@@H](Oc2c(-c3ccc(O)c(O)c3)oc3cc(O)cc(O)c3c2=O)[C@H](O[C@@H]2O[C@H](COC(=O)/C=C/c3ccc(O[C@@H]4O[C@H](CO)[C@@H](O)[C@H](O)[C@H]4O)cc3)[C@@H](O)[C@H](O)[C@H]2O)[C@H](O)[C@H]1O. The van der Waals surface area contributed by atoms with Crippen LogP contribution in [0.2, 0.25) is 0 Å². The number of fused-ring (bicyclic) bond motifs is 1. The quantitative estimate of drug-likeness (QED) is 0.0406. The van der Waals surface area contributed by atoms with Crippen LogP contribution in [0.15, 0.2) is 69.9 Å². The van der Waals surface area contributed by atoms with Crippen molar-refractivity contribution in [3.8, 4) is 45.8 Å². The molecule has 23 nitrogen and oxygen atoms in total. The molecular formula is C42H46O23. The van der Waals surface area contributed by atoms with Crippen molar-refractivity contribution in [3.05, 3.63) is 76.5 Å². The van der Waals surface area contributed by atoms with Gasteiger partial charge in [0.15, 0.2) is 29.7 Å². The minimum Gasteiger partial charge on any atom is -0.508 e. The topological polar surface area (TPSA) is 375 Å². The first-order valence-corrected chi connectivity index (χ1v) is 19.9. The maximum atomic E-state index is 14.0. The second kappa shape index (κ2) is 19.4. The number of aromatic hydroxyl groups is 4. The minimum atomic E-state index is -2.06. The summed E-state index contributed by atoms with van der Waals surface area (Å²) >= 11 is 0. The van der Waals surface area contributed by atoms with E-state index in [0.29, 0.717) is 5.56 Å². The molecule has 23 heteroatoms. The van der Waals surface area contributed by atoms with E-state index in [2.05, 4.69) is 0 Å². The Balaban J connectivity index is 1.05. The number of hydrogen-bond donors (Lipinski definition) is 13.